The fraction of sp³-hybridized carbons (Fsp3) is 0.400. The highest BCUT2D eigenvalue weighted by atomic mass is 35.5. The Morgan fingerprint density at radius 1 is 1.43 bits per heavy atom. The summed E-state index contributed by atoms with van der Waals surface area (Å²) in [4.78, 5) is 4.01. The molecule has 1 aliphatic carbocycles. The summed E-state index contributed by atoms with van der Waals surface area (Å²) in [6.45, 7) is 0.724. The van der Waals surface area contributed by atoms with E-state index in [1.54, 1.807) is 18.3 Å². The fourth-order valence-electron chi connectivity index (χ4n) is 2.76. The molecular formula is C15H14ClFN4. The molecular weight excluding hydrogens is 291 g/mol. The first kappa shape index (κ1) is 14.0. The molecule has 2 aromatic rings. The predicted molar refractivity (Wildman–Crippen MR) is 77.4 cm³/mol. The average molecular weight is 305 g/mol. The molecule has 0 spiro atoms. The summed E-state index contributed by atoms with van der Waals surface area (Å²) < 4.78 is 15.0. The monoisotopic (exact) mass is 304 g/mol. The zero-order chi connectivity index (χ0) is 14.8. The Balaban J connectivity index is 1.77. The van der Waals surface area contributed by atoms with Gasteiger partial charge in [0.05, 0.1) is 6.20 Å². The standard InChI is InChI=1S/C15H14ClFN4/c16-15-14(4-3-13(6-18)20-15)11-7-19-21(9-11)8-10-1-2-12(17)5-10/h3-4,7,9-10,12H,1-2,5,8H2/t10-,12-/m1/s1. The summed E-state index contributed by atoms with van der Waals surface area (Å²) >= 11 is 6.09. The number of rotatable bonds is 3. The second kappa shape index (κ2) is 5.82. The van der Waals surface area contributed by atoms with Crippen LogP contribution in [0.4, 0.5) is 4.39 Å². The second-order valence-electron chi connectivity index (χ2n) is 5.37. The van der Waals surface area contributed by atoms with Crippen molar-refractivity contribution in [3.8, 4) is 17.2 Å². The van der Waals surface area contributed by atoms with Gasteiger partial charge in [-0.2, -0.15) is 10.4 Å². The van der Waals surface area contributed by atoms with Crippen LogP contribution in [0, 0.1) is 17.2 Å². The molecule has 3 rings (SSSR count). The summed E-state index contributed by atoms with van der Waals surface area (Å²) in [5.74, 6) is 0.349. The lowest BCUT2D eigenvalue weighted by atomic mass is 10.1. The van der Waals surface area contributed by atoms with Crippen LogP contribution < -0.4 is 0 Å². The first-order valence-corrected chi connectivity index (χ1v) is 7.27. The van der Waals surface area contributed by atoms with Crippen molar-refractivity contribution in [2.75, 3.05) is 0 Å². The first-order chi connectivity index (χ1) is 10.2. The van der Waals surface area contributed by atoms with E-state index in [0.29, 0.717) is 23.9 Å². The lowest BCUT2D eigenvalue weighted by Gasteiger charge is -2.08. The van der Waals surface area contributed by atoms with E-state index >= 15 is 0 Å². The van der Waals surface area contributed by atoms with Crippen molar-refractivity contribution in [3.63, 3.8) is 0 Å². The minimum absolute atomic E-state index is 0.288. The average Bonchev–Trinajstić information content (AvgIpc) is 3.08. The van der Waals surface area contributed by atoms with Crippen LogP contribution in [0.15, 0.2) is 24.5 Å². The summed E-state index contributed by atoms with van der Waals surface area (Å²) in [6.07, 6.45) is 5.13. The Hall–Kier alpha value is -1.93. The van der Waals surface area contributed by atoms with Crippen LogP contribution in [0.25, 0.3) is 11.1 Å². The largest absolute Gasteiger partial charge is 0.272 e. The number of aromatic nitrogens is 3. The first-order valence-electron chi connectivity index (χ1n) is 6.89. The second-order valence-corrected chi connectivity index (χ2v) is 5.73. The van der Waals surface area contributed by atoms with E-state index in [2.05, 4.69) is 10.1 Å². The van der Waals surface area contributed by atoms with E-state index in [0.717, 1.165) is 24.1 Å². The predicted octanol–water partition coefficient (Wildman–Crippen LogP) is 3.61. The molecule has 1 fully saturated rings. The Morgan fingerprint density at radius 3 is 2.95 bits per heavy atom. The maximum absolute atomic E-state index is 13.2. The third-order valence-electron chi connectivity index (χ3n) is 3.83. The van der Waals surface area contributed by atoms with Gasteiger partial charge in [-0.15, -0.1) is 0 Å². The SMILES string of the molecule is N#Cc1ccc(-c2cnn(C[C@@H]3CC[C@@H](F)C3)c2)c(Cl)n1. The number of alkyl halides is 1. The molecule has 21 heavy (non-hydrogen) atoms. The van der Waals surface area contributed by atoms with Gasteiger partial charge >= 0.3 is 0 Å². The van der Waals surface area contributed by atoms with Crippen LogP contribution in [0.3, 0.4) is 0 Å². The van der Waals surface area contributed by atoms with Crippen molar-refractivity contribution in [3.05, 3.63) is 35.4 Å². The van der Waals surface area contributed by atoms with Gasteiger partial charge in [0, 0.05) is 23.9 Å². The summed E-state index contributed by atoms with van der Waals surface area (Å²) in [5.41, 5.74) is 1.89. The normalized spacial score (nSPS) is 21.4. The van der Waals surface area contributed by atoms with Crippen molar-refractivity contribution in [1.82, 2.24) is 14.8 Å². The molecule has 2 aromatic heterocycles. The van der Waals surface area contributed by atoms with E-state index in [9.17, 15) is 4.39 Å². The van der Waals surface area contributed by atoms with Gasteiger partial charge in [-0.3, -0.25) is 4.68 Å². The van der Waals surface area contributed by atoms with E-state index in [1.165, 1.54) is 0 Å². The highest BCUT2D eigenvalue weighted by Gasteiger charge is 2.24. The molecule has 0 aliphatic heterocycles. The van der Waals surface area contributed by atoms with Crippen LogP contribution in [-0.2, 0) is 6.54 Å². The third kappa shape index (κ3) is 3.06. The Bertz CT molecular complexity index is 691. The Morgan fingerprint density at radius 2 is 2.29 bits per heavy atom. The van der Waals surface area contributed by atoms with E-state index in [4.69, 9.17) is 16.9 Å². The minimum Gasteiger partial charge on any atom is -0.272 e. The van der Waals surface area contributed by atoms with E-state index in [1.807, 2.05) is 16.9 Å². The lowest BCUT2D eigenvalue weighted by Crippen LogP contribution is -2.08. The number of hydrogen-bond donors (Lipinski definition) is 0. The fourth-order valence-corrected chi connectivity index (χ4v) is 3.02. The number of halogens is 2. The molecule has 108 valence electrons. The molecule has 0 amide bonds. The lowest BCUT2D eigenvalue weighted by molar-refractivity contribution is 0.320. The smallest absolute Gasteiger partial charge is 0.142 e. The third-order valence-corrected chi connectivity index (χ3v) is 4.12. The molecule has 1 aliphatic rings. The number of nitrogens with zero attached hydrogens (tertiary/aromatic N) is 4. The molecule has 0 radical (unpaired) electrons. The van der Waals surface area contributed by atoms with Gasteiger partial charge in [-0.25, -0.2) is 9.37 Å². The zero-order valence-corrected chi connectivity index (χ0v) is 12.1. The highest BCUT2D eigenvalue weighted by Crippen LogP contribution is 2.30. The van der Waals surface area contributed by atoms with Crippen LogP contribution in [0.5, 0.6) is 0 Å². The van der Waals surface area contributed by atoms with Gasteiger partial charge < -0.3 is 0 Å². The van der Waals surface area contributed by atoms with Crippen LogP contribution in [-0.4, -0.2) is 20.9 Å². The highest BCUT2D eigenvalue weighted by molar-refractivity contribution is 6.32. The number of nitriles is 1. The van der Waals surface area contributed by atoms with Crippen LogP contribution >= 0.6 is 11.6 Å². The summed E-state index contributed by atoms with van der Waals surface area (Å²) in [7, 11) is 0. The molecule has 2 heterocycles. The molecule has 0 saturated heterocycles. The van der Waals surface area contributed by atoms with Crippen molar-refractivity contribution >= 4 is 11.6 Å². The van der Waals surface area contributed by atoms with Crippen LogP contribution in [0.1, 0.15) is 25.0 Å². The van der Waals surface area contributed by atoms with Crippen molar-refractivity contribution < 1.29 is 4.39 Å². The maximum Gasteiger partial charge on any atom is 0.142 e. The van der Waals surface area contributed by atoms with Gasteiger partial charge in [-0.1, -0.05) is 11.6 Å². The maximum atomic E-state index is 13.2. The quantitative estimate of drug-likeness (QED) is 0.814. The topological polar surface area (TPSA) is 54.5 Å². The van der Waals surface area contributed by atoms with Crippen molar-refractivity contribution in [2.24, 2.45) is 5.92 Å². The molecule has 0 aromatic carbocycles. The Kier molecular flexibility index (Phi) is 3.89. The van der Waals surface area contributed by atoms with Gasteiger partial charge in [0.2, 0.25) is 0 Å². The minimum atomic E-state index is -0.665. The van der Waals surface area contributed by atoms with Crippen LogP contribution in [0.2, 0.25) is 5.15 Å². The molecule has 0 bridgehead atoms. The van der Waals surface area contributed by atoms with Gasteiger partial charge in [-0.05, 0) is 37.3 Å². The molecule has 1 saturated carbocycles. The molecule has 2 atom stereocenters. The number of hydrogen-bond acceptors (Lipinski definition) is 3. The van der Waals surface area contributed by atoms with Crippen molar-refractivity contribution in [2.45, 2.75) is 32.0 Å². The molecule has 0 unspecified atom stereocenters. The zero-order valence-electron chi connectivity index (χ0n) is 11.3. The summed E-state index contributed by atoms with van der Waals surface area (Å²) in [6, 6.07) is 5.35. The Labute approximate surface area is 127 Å². The van der Waals surface area contributed by atoms with Crippen molar-refractivity contribution in [1.29, 1.82) is 5.26 Å². The molecule has 6 heteroatoms. The number of pyridine rings is 1. The van der Waals surface area contributed by atoms with E-state index < -0.39 is 6.17 Å². The van der Waals surface area contributed by atoms with Gasteiger partial charge in [0.15, 0.2) is 0 Å². The van der Waals surface area contributed by atoms with E-state index in [-0.39, 0.29) is 5.69 Å². The molecule has 0 N–H and O–H groups in total. The molecule has 4 nitrogen and oxygen atoms in total. The van der Waals surface area contributed by atoms with Gasteiger partial charge in [0.25, 0.3) is 0 Å². The van der Waals surface area contributed by atoms with Gasteiger partial charge in [0.1, 0.15) is 23.1 Å². The summed E-state index contributed by atoms with van der Waals surface area (Å²) in [5, 5.41) is 13.4.